The topological polar surface area (TPSA) is 44.9 Å². The van der Waals surface area contributed by atoms with Crippen molar-refractivity contribution in [3.63, 3.8) is 0 Å². The molecule has 2 N–H and O–H groups in total. The molecule has 0 spiro atoms. The average molecular weight is 272 g/mol. The Bertz CT molecular complexity index is 620. The van der Waals surface area contributed by atoms with Crippen LogP contribution in [-0.2, 0) is 0 Å². The summed E-state index contributed by atoms with van der Waals surface area (Å²) in [5, 5.41) is 5.10. The zero-order valence-electron chi connectivity index (χ0n) is 12.7. The molecule has 0 aliphatic carbocycles. The van der Waals surface area contributed by atoms with Crippen LogP contribution in [0, 0.1) is 17.8 Å². The van der Waals surface area contributed by atoms with Crippen molar-refractivity contribution in [3.05, 3.63) is 40.7 Å². The van der Waals surface area contributed by atoms with E-state index in [1.54, 1.807) is 0 Å². The van der Waals surface area contributed by atoms with Gasteiger partial charge in [-0.1, -0.05) is 45.9 Å². The fourth-order valence-electron chi connectivity index (χ4n) is 2.78. The molecule has 0 bridgehead atoms. The van der Waals surface area contributed by atoms with E-state index >= 15 is 0 Å². The summed E-state index contributed by atoms with van der Waals surface area (Å²) in [7, 11) is 0. The van der Waals surface area contributed by atoms with Gasteiger partial charge >= 0.3 is 0 Å². The number of aromatic nitrogens is 1. The third-order valence-corrected chi connectivity index (χ3v) is 3.99. The summed E-state index contributed by atoms with van der Waals surface area (Å²) in [5.41, 5.74) is -0.0313. The Morgan fingerprint density at radius 1 is 1.10 bits per heavy atom. The minimum atomic E-state index is -0.0313. The third-order valence-electron chi connectivity index (χ3n) is 3.99. The number of H-pyrrole nitrogens is 1. The summed E-state index contributed by atoms with van der Waals surface area (Å²) in [6, 6.07) is 9.67. The van der Waals surface area contributed by atoms with Crippen molar-refractivity contribution in [2.24, 2.45) is 17.8 Å². The van der Waals surface area contributed by atoms with Gasteiger partial charge in [0.1, 0.15) is 5.82 Å². The molecule has 1 aromatic heterocycles. The molecule has 1 aromatic carbocycles. The van der Waals surface area contributed by atoms with E-state index in [0.717, 1.165) is 23.1 Å². The van der Waals surface area contributed by atoms with Gasteiger partial charge < -0.3 is 10.3 Å². The third kappa shape index (κ3) is 3.21. The number of fused-ring (bicyclic) bond motifs is 1. The van der Waals surface area contributed by atoms with Gasteiger partial charge in [0.15, 0.2) is 0 Å². The van der Waals surface area contributed by atoms with Gasteiger partial charge in [-0.15, -0.1) is 0 Å². The molecule has 0 fully saturated rings. The van der Waals surface area contributed by atoms with Gasteiger partial charge in [-0.05, 0) is 35.3 Å². The number of anilines is 1. The number of hydrogen-bond donors (Lipinski definition) is 2. The lowest BCUT2D eigenvalue weighted by atomic mass is 9.85. The number of nitrogens with one attached hydrogen (secondary N) is 2. The lowest BCUT2D eigenvalue weighted by Crippen LogP contribution is -2.25. The van der Waals surface area contributed by atoms with Crippen molar-refractivity contribution in [1.82, 2.24) is 4.98 Å². The van der Waals surface area contributed by atoms with E-state index in [2.05, 4.69) is 38.0 Å². The molecule has 0 aliphatic heterocycles. The van der Waals surface area contributed by atoms with Crippen LogP contribution in [0.4, 0.5) is 5.82 Å². The summed E-state index contributed by atoms with van der Waals surface area (Å²) in [6.07, 6.45) is 0. The second-order valence-electron chi connectivity index (χ2n) is 6.13. The molecule has 2 rings (SSSR count). The maximum atomic E-state index is 12.0. The lowest BCUT2D eigenvalue weighted by molar-refractivity contribution is 0.304. The van der Waals surface area contributed by atoms with Crippen LogP contribution in [0.1, 0.15) is 27.7 Å². The molecular formula is C17H24N2O. The molecule has 0 saturated carbocycles. The first-order valence-electron chi connectivity index (χ1n) is 7.35. The molecule has 1 heterocycles. The molecule has 108 valence electrons. The largest absolute Gasteiger partial charge is 0.371 e. The molecule has 0 unspecified atom stereocenters. The zero-order valence-corrected chi connectivity index (χ0v) is 12.7. The molecule has 2 aromatic rings. The lowest BCUT2D eigenvalue weighted by Gasteiger charge is -2.25. The summed E-state index contributed by atoms with van der Waals surface area (Å²) in [6.45, 7) is 9.86. The van der Waals surface area contributed by atoms with E-state index in [-0.39, 0.29) is 5.56 Å². The highest BCUT2D eigenvalue weighted by Gasteiger charge is 2.17. The minimum absolute atomic E-state index is 0.0313. The zero-order chi connectivity index (χ0) is 14.7. The van der Waals surface area contributed by atoms with Gasteiger partial charge in [-0.2, -0.15) is 0 Å². The highest BCUT2D eigenvalue weighted by Crippen LogP contribution is 2.21. The second-order valence-corrected chi connectivity index (χ2v) is 6.13. The Morgan fingerprint density at radius 3 is 2.40 bits per heavy atom. The molecule has 0 amide bonds. The van der Waals surface area contributed by atoms with E-state index < -0.39 is 0 Å². The van der Waals surface area contributed by atoms with Crippen LogP contribution in [0.15, 0.2) is 35.1 Å². The smallest absolute Gasteiger partial charge is 0.257 e. The van der Waals surface area contributed by atoms with Crippen molar-refractivity contribution in [1.29, 1.82) is 0 Å². The Hall–Kier alpha value is -1.77. The van der Waals surface area contributed by atoms with E-state index in [1.165, 1.54) is 0 Å². The maximum Gasteiger partial charge on any atom is 0.257 e. The number of pyridine rings is 1. The molecule has 0 atom stereocenters. The summed E-state index contributed by atoms with van der Waals surface area (Å²) < 4.78 is 0. The highest BCUT2D eigenvalue weighted by molar-refractivity contribution is 5.83. The van der Waals surface area contributed by atoms with Crippen LogP contribution >= 0.6 is 0 Å². The van der Waals surface area contributed by atoms with Gasteiger partial charge in [0.05, 0.1) is 0 Å². The molecule has 20 heavy (non-hydrogen) atoms. The Balaban J connectivity index is 2.20. The van der Waals surface area contributed by atoms with Crippen LogP contribution < -0.4 is 10.9 Å². The van der Waals surface area contributed by atoms with Crippen LogP contribution in [0.3, 0.4) is 0 Å². The molecule has 3 nitrogen and oxygen atoms in total. The standard InChI is InChI=1S/C17H24N2O/c1-11(2)15(12(3)4)10-18-16-9-13-7-5-6-8-14(13)17(20)19-16/h5-9,11-12,15H,10H2,1-4H3,(H2,18,19,20). The predicted molar refractivity (Wildman–Crippen MR) is 86.2 cm³/mol. The SMILES string of the molecule is CC(C)C(CNc1cc2ccccc2c(=O)[nH]1)C(C)C. The Labute approximate surface area is 120 Å². The normalized spacial score (nSPS) is 11.8. The first kappa shape index (κ1) is 14.6. The summed E-state index contributed by atoms with van der Waals surface area (Å²) >= 11 is 0. The van der Waals surface area contributed by atoms with Gasteiger partial charge in [-0.3, -0.25) is 4.79 Å². The fraction of sp³-hybridized carbons (Fsp3) is 0.471. The van der Waals surface area contributed by atoms with E-state index in [0.29, 0.717) is 17.8 Å². The highest BCUT2D eigenvalue weighted by atomic mass is 16.1. The fourth-order valence-corrected chi connectivity index (χ4v) is 2.78. The Kier molecular flexibility index (Phi) is 4.48. The van der Waals surface area contributed by atoms with Crippen molar-refractivity contribution in [3.8, 4) is 0 Å². The van der Waals surface area contributed by atoms with Crippen molar-refractivity contribution in [2.45, 2.75) is 27.7 Å². The summed E-state index contributed by atoms with van der Waals surface area (Å²) in [4.78, 5) is 14.9. The second kappa shape index (κ2) is 6.12. The quantitative estimate of drug-likeness (QED) is 0.868. The first-order chi connectivity index (χ1) is 9.49. The number of hydrogen-bond acceptors (Lipinski definition) is 2. The molecule has 0 saturated heterocycles. The number of benzene rings is 1. The number of rotatable bonds is 5. The number of aromatic amines is 1. The van der Waals surface area contributed by atoms with Gasteiger partial charge in [0, 0.05) is 11.9 Å². The molecule has 3 heteroatoms. The Morgan fingerprint density at radius 2 is 1.75 bits per heavy atom. The van der Waals surface area contributed by atoms with Crippen LogP contribution in [0.5, 0.6) is 0 Å². The van der Waals surface area contributed by atoms with Crippen molar-refractivity contribution in [2.75, 3.05) is 11.9 Å². The van der Waals surface area contributed by atoms with Gasteiger partial charge in [-0.25, -0.2) is 0 Å². The van der Waals surface area contributed by atoms with Crippen LogP contribution in [-0.4, -0.2) is 11.5 Å². The van der Waals surface area contributed by atoms with Crippen molar-refractivity contribution < 1.29 is 0 Å². The minimum Gasteiger partial charge on any atom is -0.371 e. The van der Waals surface area contributed by atoms with Crippen molar-refractivity contribution >= 4 is 16.6 Å². The molecule has 0 radical (unpaired) electrons. The van der Waals surface area contributed by atoms with Gasteiger partial charge in [0.25, 0.3) is 5.56 Å². The monoisotopic (exact) mass is 272 g/mol. The van der Waals surface area contributed by atoms with Crippen LogP contribution in [0.25, 0.3) is 10.8 Å². The molecule has 0 aliphatic rings. The molecular weight excluding hydrogens is 248 g/mol. The van der Waals surface area contributed by atoms with Crippen LogP contribution in [0.2, 0.25) is 0 Å². The summed E-state index contributed by atoms with van der Waals surface area (Å²) in [5.74, 6) is 2.63. The predicted octanol–water partition coefficient (Wildman–Crippen LogP) is 3.87. The van der Waals surface area contributed by atoms with E-state index in [4.69, 9.17) is 0 Å². The average Bonchev–Trinajstić information content (AvgIpc) is 2.38. The van der Waals surface area contributed by atoms with E-state index in [9.17, 15) is 4.79 Å². The maximum absolute atomic E-state index is 12.0. The first-order valence-corrected chi connectivity index (χ1v) is 7.35. The van der Waals surface area contributed by atoms with E-state index in [1.807, 2.05) is 30.3 Å². The van der Waals surface area contributed by atoms with Gasteiger partial charge in [0.2, 0.25) is 0 Å².